The molecule has 0 nitrogen and oxygen atoms in total. The first kappa shape index (κ1) is 13.4. The Labute approximate surface area is 133 Å². The second kappa shape index (κ2) is 5.80. The molecule has 0 N–H and O–H groups in total. The van der Waals surface area contributed by atoms with Crippen molar-refractivity contribution in [3.8, 4) is 0 Å². The molecular weight excluding hydrogens is 355 g/mol. The number of allylic oxidation sites excluding steroid dienone is 1. The van der Waals surface area contributed by atoms with Crippen molar-refractivity contribution in [1.29, 1.82) is 0 Å². The number of hydrogen-bond acceptors (Lipinski definition) is 0. The van der Waals surface area contributed by atoms with E-state index in [4.69, 9.17) is 0 Å². The van der Waals surface area contributed by atoms with Gasteiger partial charge in [0.15, 0.2) is 0 Å². The first-order chi connectivity index (χ1) is 9.75. The topological polar surface area (TPSA) is 0 Å². The maximum Gasteiger partial charge on any atom is -0.00212 e. The zero-order valence-corrected chi connectivity index (χ0v) is 13.5. The standard InChI is InChI=1S/C19H15I/c1-14(20)19(16-8-3-2-4-9-16)18-12-11-15-7-5-6-10-17(15)13-18/h2-13H,1H3/b19-14+. The van der Waals surface area contributed by atoms with Gasteiger partial charge in [-0.25, -0.2) is 0 Å². The van der Waals surface area contributed by atoms with Gasteiger partial charge in [0.05, 0.1) is 0 Å². The van der Waals surface area contributed by atoms with Crippen LogP contribution in [0.5, 0.6) is 0 Å². The van der Waals surface area contributed by atoms with Gasteiger partial charge in [-0.15, -0.1) is 0 Å². The summed E-state index contributed by atoms with van der Waals surface area (Å²) in [6.07, 6.45) is 0. The molecule has 3 aromatic rings. The Hall–Kier alpha value is -1.61. The Kier molecular flexibility index (Phi) is 3.88. The quantitative estimate of drug-likeness (QED) is 0.482. The van der Waals surface area contributed by atoms with E-state index >= 15 is 0 Å². The highest BCUT2D eigenvalue weighted by Gasteiger charge is 2.08. The monoisotopic (exact) mass is 370 g/mol. The lowest BCUT2D eigenvalue weighted by Crippen LogP contribution is -1.89. The van der Waals surface area contributed by atoms with E-state index < -0.39 is 0 Å². The van der Waals surface area contributed by atoms with E-state index in [1.54, 1.807) is 0 Å². The summed E-state index contributed by atoms with van der Waals surface area (Å²) in [6, 6.07) is 25.8. The number of benzene rings is 3. The molecule has 3 aromatic carbocycles. The van der Waals surface area contributed by atoms with Crippen LogP contribution in [-0.2, 0) is 0 Å². The predicted molar refractivity (Wildman–Crippen MR) is 96.1 cm³/mol. The zero-order chi connectivity index (χ0) is 13.9. The third kappa shape index (κ3) is 2.63. The van der Waals surface area contributed by atoms with E-state index in [1.807, 2.05) is 0 Å². The minimum Gasteiger partial charge on any atom is -0.0622 e. The largest absolute Gasteiger partial charge is 0.0622 e. The van der Waals surface area contributed by atoms with Crippen LogP contribution in [0.25, 0.3) is 16.3 Å². The Bertz CT molecular complexity index is 766. The molecule has 0 aliphatic carbocycles. The number of rotatable bonds is 2. The first-order valence-corrected chi connectivity index (χ1v) is 7.74. The molecule has 0 heterocycles. The van der Waals surface area contributed by atoms with Gasteiger partial charge in [0.1, 0.15) is 0 Å². The molecule has 0 radical (unpaired) electrons. The van der Waals surface area contributed by atoms with Gasteiger partial charge < -0.3 is 0 Å². The van der Waals surface area contributed by atoms with Gasteiger partial charge in [0.25, 0.3) is 0 Å². The average Bonchev–Trinajstić information content (AvgIpc) is 2.48. The normalized spacial score (nSPS) is 12.3. The lowest BCUT2D eigenvalue weighted by molar-refractivity contribution is 1.54. The van der Waals surface area contributed by atoms with Crippen LogP contribution in [0.1, 0.15) is 18.1 Å². The molecular formula is C19H15I. The molecule has 0 saturated heterocycles. The molecule has 0 unspecified atom stereocenters. The summed E-state index contributed by atoms with van der Waals surface area (Å²) < 4.78 is 1.31. The highest BCUT2D eigenvalue weighted by atomic mass is 127. The second-order valence-corrected chi connectivity index (χ2v) is 6.45. The molecule has 0 aliphatic heterocycles. The van der Waals surface area contributed by atoms with Gasteiger partial charge >= 0.3 is 0 Å². The van der Waals surface area contributed by atoms with Gasteiger partial charge in [0.2, 0.25) is 0 Å². The SMILES string of the molecule is C/C(I)=C(/c1ccccc1)c1ccc2ccccc2c1. The summed E-state index contributed by atoms with van der Waals surface area (Å²) >= 11 is 2.41. The molecule has 0 amide bonds. The summed E-state index contributed by atoms with van der Waals surface area (Å²) in [5, 5.41) is 2.57. The van der Waals surface area contributed by atoms with Crippen LogP contribution in [0.2, 0.25) is 0 Å². The van der Waals surface area contributed by atoms with E-state index in [0.29, 0.717) is 0 Å². The molecule has 0 aliphatic rings. The second-order valence-electron chi connectivity index (χ2n) is 4.84. The van der Waals surface area contributed by atoms with Crippen LogP contribution >= 0.6 is 22.6 Å². The van der Waals surface area contributed by atoms with Gasteiger partial charge in [-0.3, -0.25) is 0 Å². The molecule has 20 heavy (non-hydrogen) atoms. The number of hydrogen-bond donors (Lipinski definition) is 0. The van der Waals surface area contributed by atoms with E-state index in [0.717, 1.165) is 0 Å². The maximum absolute atomic E-state index is 2.41. The van der Waals surface area contributed by atoms with Crippen molar-refractivity contribution in [1.82, 2.24) is 0 Å². The van der Waals surface area contributed by atoms with Crippen LogP contribution in [-0.4, -0.2) is 0 Å². The lowest BCUT2D eigenvalue weighted by Gasteiger charge is -2.11. The van der Waals surface area contributed by atoms with Crippen LogP contribution in [0.15, 0.2) is 76.4 Å². The molecule has 0 aromatic heterocycles. The smallest absolute Gasteiger partial charge is 0.00212 e. The van der Waals surface area contributed by atoms with Crippen LogP contribution in [0, 0.1) is 0 Å². The summed E-state index contributed by atoms with van der Waals surface area (Å²) in [6.45, 7) is 2.16. The minimum absolute atomic E-state index is 1.27. The Morgan fingerprint density at radius 2 is 1.35 bits per heavy atom. The summed E-state index contributed by atoms with van der Waals surface area (Å²) in [7, 11) is 0. The fourth-order valence-corrected chi connectivity index (χ4v) is 3.14. The van der Waals surface area contributed by atoms with Gasteiger partial charge in [-0.2, -0.15) is 0 Å². The highest BCUT2D eigenvalue weighted by molar-refractivity contribution is 14.1. The highest BCUT2D eigenvalue weighted by Crippen LogP contribution is 2.31. The Morgan fingerprint density at radius 1 is 0.700 bits per heavy atom. The van der Waals surface area contributed by atoms with Crippen LogP contribution in [0.3, 0.4) is 0 Å². The summed E-state index contributed by atoms with van der Waals surface area (Å²) in [5.41, 5.74) is 3.87. The van der Waals surface area contributed by atoms with Gasteiger partial charge in [-0.1, -0.05) is 66.7 Å². The molecule has 0 bridgehead atoms. The molecule has 0 fully saturated rings. The summed E-state index contributed by atoms with van der Waals surface area (Å²) in [4.78, 5) is 0. The minimum atomic E-state index is 1.27. The van der Waals surface area contributed by atoms with Crippen LogP contribution in [0.4, 0.5) is 0 Å². The fourth-order valence-electron chi connectivity index (χ4n) is 2.51. The van der Waals surface area contributed by atoms with Crippen molar-refractivity contribution in [2.45, 2.75) is 6.92 Å². The van der Waals surface area contributed by atoms with E-state index in [9.17, 15) is 0 Å². The van der Waals surface area contributed by atoms with Crippen molar-refractivity contribution in [2.24, 2.45) is 0 Å². The Balaban J connectivity index is 2.19. The predicted octanol–water partition coefficient (Wildman–Crippen LogP) is 6.05. The molecule has 0 atom stereocenters. The molecule has 0 saturated carbocycles. The number of fused-ring (bicyclic) bond motifs is 1. The third-order valence-electron chi connectivity index (χ3n) is 3.45. The van der Waals surface area contributed by atoms with Crippen molar-refractivity contribution in [2.75, 3.05) is 0 Å². The zero-order valence-electron chi connectivity index (χ0n) is 11.3. The maximum atomic E-state index is 2.41. The fraction of sp³-hybridized carbons (Fsp3) is 0.0526. The molecule has 98 valence electrons. The summed E-state index contributed by atoms with van der Waals surface area (Å²) in [5.74, 6) is 0. The van der Waals surface area contributed by atoms with E-state index in [2.05, 4.69) is 102 Å². The van der Waals surface area contributed by atoms with E-state index in [1.165, 1.54) is 31.1 Å². The van der Waals surface area contributed by atoms with Gasteiger partial charge in [-0.05, 0) is 66.6 Å². The first-order valence-electron chi connectivity index (χ1n) is 6.67. The average molecular weight is 370 g/mol. The molecule has 3 rings (SSSR count). The van der Waals surface area contributed by atoms with Crippen molar-refractivity contribution >= 4 is 38.9 Å². The van der Waals surface area contributed by atoms with Gasteiger partial charge in [0, 0.05) is 0 Å². The Morgan fingerprint density at radius 3 is 2.05 bits per heavy atom. The van der Waals surface area contributed by atoms with E-state index in [-0.39, 0.29) is 0 Å². The lowest BCUT2D eigenvalue weighted by atomic mass is 9.95. The molecule has 1 heteroatoms. The molecule has 0 spiro atoms. The van der Waals surface area contributed by atoms with Crippen LogP contribution < -0.4 is 0 Å². The van der Waals surface area contributed by atoms with Crippen molar-refractivity contribution < 1.29 is 0 Å². The van der Waals surface area contributed by atoms with Crippen molar-refractivity contribution in [3.63, 3.8) is 0 Å². The third-order valence-corrected chi connectivity index (χ3v) is 3.98. The van der Waals surface area contributed by atoms with Crippen molar-refractivity contribution in [3.05, 3.63) is 87.5 Å². The number of halogens is 1.